The van der Waals surface area contributed by atoms with Gasteiger partial charge in [0.15, 0.2) is 0 Å². The summed E-state index contributed by atoms with van der Waals surface area (Å²) in [4.78, 5) is 28.4. The molecule has 1 aliphatic heterocycles. The smallest absolute Gasteiger partial charge is 0.312 e. The predicted molar refractivity (Wildman–Crippen MR) is 75.1 cm³/mol. The fourth-order valence-electron chi connectivity index (χ4n) is 2.00. The number of thiophene rings is 1. The van der Waals surface area contributed by atoms with Gasteiger partial charge >= 0.3 is 11.8 Å². The Balaban J connectivity index is 1.82. The Bertz CT molecular complexity index is 427. The van der Waals surface area contributed by atoms with Crippen molar-refractivity contribution in [3.05, 3.63) is 22.4 Å². The minimum absolute atomic E-state index is 0.379. The van der Waals surface area contributed by atoms with Crippen LogP contribution < -0.4 is 5.32 Å². The first-order chi connectivity index (χ1) is 9.18. The van der Waals surface area contributed by atoms with Crippen LogP contribution in [-0.4, -0.2) is 61.4 Å². The minimum Gasteiger partial charge on any atom is -0.337 e. The Labute approximate surface area is 117 Å². The van der Waals surface area contributed by atoms with E-state index in [1.165, 1.54) is 9.78 Å². The molecule has 2 rings (SSSR count). The summed E-state index contributed by atoms with van der Waals surface area (Å²) in [6.07, 6.45) is 0.800. The van der Waals surface area contributed by atoms with E-state index in [-0.39, 0.29) is 5.91 Å². The van der Waals surface area contributed by atoms with Crippen LogP contribution in [0.25, 0.3) is 0 Å². The molecule has 1 N–H and O–H groups in total. The highest BCUT2D eigenvalue weighted by Gasteiger charge is 2.25. The maximum Gasteiger partial charge on any atom is 0.312 e. The Morgan fingerprint density at radius 2 is 2.16 bits per heavy atom. The van der Waals surface area contributed by atoms with E-state index in [9.17, 15) is 9.59 Å². The number of carbonyl (C=O) groups is 2. The van der Waals surface area contributed by atoms with Crippen molar-refractivity contribution in [1.29, 1.82) is 0 Å². The molecule has 0 aliphatic carbocycles. The van der Waals surface area contributed by atoms with Crippen LogP contribution in [0.1, 0.15) is 4.88 Å². The summed E-state index contributed by atoms with van der Waals surface area (Å²) in [6.45, 7) is 3.33. The van der Waals surface area contributed by atoms with Gasteiger partial charge in [0.05, 0.1) is 0 Å². The van der Waals surface area contributed by atoms with Gasteiger partial charge in [-0.1, -0.05) is 6.07 Å². The van der Waals surface area contributed by atoms with Crippen molar-refractivity contribution in [1.82, 2.24) is 15.1 Å². The molecule has 5 nitrogen and oxygen atoms in total. The van der Waals surface area contributed by atoms with Crippen LogP contribution in [-0.2, 0) is 16.0 Å². The summed E-state index contributed by atoms with van der Waals surface area (Å²) >= 11 is 1.67. The molecule has 0 bridgehead atoms. The quantitative estimate of drug-likeness (QED) is 0.804. The Hall–Kier alpha value is -1.40. The molecule has 104 valence electrons. The van der Waals surface area contributed by atoms with E-state index < -0.39 is 5.91 Å². The molecule has 1 fully saturated rings. The standard InChI is InChI=1S/C13H19N3O2S/c1-15(7-4-11-3-2-10-19-11)12(17)13(18)16-8-5-14-6-9-16/h2-3,10,14H,4-9H2,1H3. The van der Waals surface area contributed by atoms with Crippen LogP contribution in [0.3, 0.4) is 0 Å². The molecule has 6 heteroatoms. The Morgan fingerprint density at radius 3 is 2.79 bits per heavy atom. The largest absolute Gasteiger partial charge is 0.337 e. The number of amides is 2. The van der Waals surface area contributed by atoms with E-state index in [0.29, 0.717) is 19.6 Å². The average Bonchev–Trinajstić information content (AvgIpc) is 2.97. The zero-order valence-electron chi connectivity index (χ0n) is 11.1. The van der Waals surface area contributed by atoms with E-state index in [1.54, 1.807) is 23.3 Å². The fraction of sp³-hybridized carbons (Fsp3) is 0.538. The van der Waals surface area contributed by atoms with Crippen molar-refractivity contribution in [2.75, 3.05) is 39.8 Å². The minimum atomic E-state index is -0.404. The molecule has 2 amide bonds. The van der Waals surface area contributed by atoms with Crippen molar-refractivity contribution in [2.45, 2.75) is 6.42 Å². The maximum atomic E-state index is 12.0. The van der Waals surface area contributed by atoms with Crippen LogP contribution in [0.5, 0.6) is 0 Å². The molecule has 19 heavy (non-hydrogen) atoms. The van der Waals surface area contributed by atoms with E-state index >= 15 is 0 Å². The first kappa shape index (κ1) is 14.0. The molecular weight excluding hydrogens is 262 g/mol. The van der Waals surface area contributed by atoms with Crippen LogP contribution >= 0.6 is 11.3 Å². The van der Waals surface area contributed by atoms with E-state index in [2.05, 4.69) is 5.32 Å². The summed E-state index contributed by atoms with van der Waals surface area (Å²) in [7, 11) is 1.69. The van der Waals surface area contributed by atoms with Crippen LogP contribution in [0.4, 0.5) is 0 Å². The molecular formula is C13H19N3O2S. The predicted octanol–water partition coefficient (Wildman–Crippen LogP) is 0.181. The second-order valence-electron chi connectivity index (χ2n) is 4.60. The Morgan fingerprint density at radius 1 is 1.42 bits per heavy atom. The van der Waals surface area contributed by atoms with E-state index in [0.717, 1.165) is 19.5 Å². The lowest BCUT2D eigenvalue weighted by molar-refractivity contribution is -0.151. The first-order valence-electron chi connectivity index (χ1n) is 6.46. The van der Waals surface area contributed by atoms with Crippen LogP contribution in [0, 0.1) is 0 Å². The van der Waals surface area contributed by atoms with Crippen molar-refractivity contribution in [3.63, 3.8) is 0 Å². The third-order valence-electron chi connectivity index (χ3n) is 3.21. The summed E-state index contributed by atoms with van der Waals surface area (Å²) in [5, 5.41) is 5.18. The second-order valence-corrected chi connectivity index (χ2v) is 5.63. The van der Waals surface area contributed by atoms with Gasteiger partial charge in [-0.2, -0.15) is 0 Å². The zero-order valence-corrected chi connectivity index (χ0v) is 11.9. The van der Waals surface area contributed by atoms with Crippen molar-refractivity contribution >= 4 is 23.2 Å². The van der Waals surface area contributed by atoms with Gasteiger partial charge < -0.3 is 15.1 Å². The highest BCUT2D eigenvalue weighted by atomic mass is 32.1. The molecule has 0 saturated carbocycles. The zero-order chi connectivity index (χ0) is 13.7. The van der Waals surface area contributed by atoms with Gasteiger partial charge in [-0.15, -0.1) is 11.3 Å². The summed E-state index contributed by atoms with van der Waals surface area (Å²) in [6, 6.07) is 4.04. The van der Waals surface area contributed by atoms with Crippen molar-refractivity contribution in [3.8, 4) is 0 Å². The molecule has 0 unspecified atom stereocenters. The second kappa shape index (κ2) is 6.68. The van der Waals surface area contributed by atoms with Crippen LogP contribution in [0.2, 0.25) is 0 Å². The summed E-state index contributed by atoms with van der Waals surface area (Å²) in [5.41, 5.74) is 0. The summed E-state index contributed by atoms with van der Waals surface area (Å²) < 4.78 is 0. The maximum absolute atomic E-state index is 12.0. The van der Waals surface area contributed by atoms with Crippen molar-refractivity contribution < 1.29 is 9.59 Å². The highest BCUT2D eigenvalue weighted by Crippen LogP contribution is 2.09. The van der Waals surface area contributed by atoms with Crippen LogP contribution in [0.15, 0.2) is 17.5 Å². The molecule has 1 saturated heterocycles. The van der Waals surface area contributed by atoms with Gasteiger partial charge in [0.1, 0.15) is 0 Å². The average molecular weight is 281 g/mol. The first-order valence-corrected chi connectivity index (χ1v) is 7.34. The number of carbonyl (C=O) groups excluding carboxylic acids is 2. The monoisotopic (exact) mass is 281 g/mol. The van der Waals surface area contributed by atoms with E-state index in [4.69, 9.17) is 0 Å². The topological polar surface area (TPSA) is 52.7 Å². The number of hydrogen-bond acceptors (Lipinski definition) is 4. The van der Waals surface area contributed by atoms with Gasteiger partial charge in [0.25, 0.3) is 0 Å². The van der Waals surface area contributed by atoms with Gasteiger partial charge in [0.2, 0.25) is 0 Å². The third-order valence-corrected chi connectivity index (χ3v) is 4.14. The number of nitrogens with one attached hydrogen (secondary N) is 1. The van der Waals surface area contributed by atoms with Gasteiger partial charge in [-0.05, 0) is 17.9 Å². The summed E-state index contributed by atoms with van der Waals surface area (Å²) in [5.74, 6) is -0.784. The number of rotatable bonds is 3. The number of piperazine rings is 1. The Kier molecular flexibility index (Phi) is 4.93. The lowest BCUT2D eigenvalue weighted by Crippen LogP contribution is -2.51. The molecule has 0 aromatic carbocycles. The fourth-order valence-corrected chi connectivity index (χ4v) is 2.70. The molecule has 0 atom stereocenters. The van der Waals surface area contributed by atoms with Gasteiger partial charge in [0, 0.05) is 44.6 Å². The normalized spacial score (nSPS) is 15.3. The third kappa shape index (κ3) is 3.78. The number of nitrogens with zero attached hydrogens (tertiary/aromatic N) is 2. The molecule has 1 aromatic heterocycles. The SMILES string of the molecule is CN(CCc1cccs1)C(=O)C(=O)N1CCNCC1. The molecule has 0 spiro atoms. The molecule has 2 heterocycles. The molecule has 1 aliphatic rings. The van der Waals surface area contributed by atoms with E-state index in [1.807, 2.05) is 17.5 Å². The molecule has 0 radical (unpaired) electrons. The highest BCUT2D eigenvalue weighted by molar-refractivity contribution is 7.09. The number of hydrogen-bond donors (Lipinski definition) is 1. The van der Waals surface area contributed by atoms with Crippen molar-refractivity contribution in [2.24, 2.45) is 0 Å². The van der Waals surface area contributed by atoms with Gasteiger partial charge in [-0.3, -0.25) is 9.59 Å². The lowest BCUT2D eigenvalue weighted by atomic mass is 10.3. The van der Waals surface area contributed by atoms with Gasteiger partial charge in [-0.25, -0.2) is 0 Å². The lowest BCUT2D eigenvalue weighted by Gasteiger charge is -2.28. The number of likely N-dealkylation sites (N-methyl/N-ethyl adjacent to an activating group) is 1. The molecule has 1 aromatic rings.